The zero-order chi connectivity index (χ0) is 27.9. The van der Waals surface area contributed by atoms with Crippen LogP contribution in [0.1, 0.15) is 42.9 Å². The molecule has 3 heterocycles. The minimum Gasteiger partial charge on any atom is -0.495 e. The highest BCUT2D eigenvalue weighted by Gasteiger charge is 2.29. The van der Waals surface area contributed by atoms with Crippen molar-refractivity contribution in [2.24, 2.45) is 0 Å². The third-order valence-corrected chi connectivity index (χ3v) is 8.70. The van der Waals surface area contributed by atoms with E-state index in [0.29, 0.717) is 40.7 Å². The predicted molar refractivity (Wildman–Crippen MR) is 149 cm³/mol. The van der Waals surface area contributed by atoms with Gasteiger partial charge in [0, 0.05) is 30.3 Å². The largest absolute Gasteiger partial charge is 0.495 e. The van der Waals surface area contributed by atoms with E-state index in [9.17, 15) is 8.42 Å². The van der Waals surface area contributed by atoms with Gasteiger partial charge in [0.1, 0.15) is 17.2 Å². The molecule has 212 valence electrons. The summed E-state index contributed by atoms with van der Waals surface area (Å²) >= 11 is 0. The van der Waals surface area contributed by atoms with Crippen molar-refractivity contribution < 1.29 is 27.2 Å². The van der Waals surface area contributed by atoms with Crippen molar-refractivity contribution in [1.29, 1.82) is 0 Å². The maximum atomic E-state index is 13.7. The van der Waals surface area contributed by atoms with Gasteiger partial charge in [0.05, 0.1) is 32.4 Å². The Balaban J connectivity index is 1.29. The standard InChI is InChI=1S/C27H32N6O6S/c1-36-22-12-18-21(13-20(22)28-25-14-19(29-30-25)17-6-7-17)39-31-27(18)32-40(34,35)26-23(37-2)10-16(11-24(26)38-3)15-33-8-4-5-9-33/h10-14,17H,4-9,15H2,1-3H3,(H,31,32)(H2,28,29,30). The normalized spacial score (nSPS) is 15.9. The van der Waals surface area contributed by atoms with E-state index >= 15 is 0 Å². The lowest BCUT2D eigenvalue weighted by Crippen LogP contribution is -2.19. The van der Waals surface area contributed by atoms with Gasteiger partial charge in [-0.15, -0.1) is 0 Å². The molecular weight excluding hydrogens is 536 g/mol. The van der Waals surface area contributed by atoms with Crippen LogP contribution in [-0.2, 0) is 16.6 Å². The Labute approximate surface area is 232 Å². The third kappa shape index (κ3) is 5.13. The van der Waals surface area contributed by atoms with Gasteiger partial charge in [0.25, 0.3) is 10.0 Å². The number of benzene rings is 2. The zero-order valence-corrected chi connectivity index (χ0v) is 23.4. The molecule has 4 aromatic rings. The van der Waals surface area contributed by atoms with Crippen LogP contribution in [0.3, 0.4) is 0 Å². The summed E-state index contributed by atoms with van der Waals surface area (Å²) in [6.07, 6.45) is 4.63. The highest BCUT2D eigenvalue weighted by Crippen LogP contribution is 2.41. The second kappa shape index (κ2) is 10.5. The van der Waals surface area contributed by atoms with Crippen molar-refractivity contribution >= 4 is 38.3 Å². The van der Waals surface area contributed by atoms with Crippen molar-refractivity contribution in [3.63, 3.8) is 0 Å². The highest BCUT2D eigenvalue weighted by atomic mass is 32.2. The van der Waals surface area contributed by atoms with Crippen LogP contribution in [0.15, 0.2) is 39.8 Å². The number of sulfonamides is 1. The number of aromatic nitrogens is 3. The van der Waals surface area contributed by atoms with Gasteiger partial charge < -0.3 is 24.1 Å². The van der Waals surface area contributed by atoms with Crippen LogP contribution in [0.2, 0.25) is 0 Å². The molecule has 1 aliphatic heterocycles. The van der Waals surface area contributed by atoms with E-state index in [1.807, 2.05) is 6.07 Å². The Kier molecular flexibility index (Phi) is 6.92. The van der Waals surface area contributed by atoms with Crippen molar-refractivity contribution in [2.75, 3.05) is 44.5 Å². The van der Waals surface area contributed by atoms with E-state index in [-0.39, 0.29) is 22.2 Å². The fourth-order valence-electron chi connectivity index (χ4n) is 5.11. The Morgan fingerprint density at radius 2 is 1.70 bits per heavy atom. The molecule has 12 nitrogen and oxygen atoms in total. The molecule has 0 bridgehead atoms. The molecule has 6 rings (SSSR count). The number of methoxy groups -OCH3 is 3. The topological polar surface area (TPSA) is 144 Å². The monoisotopic (exact) mass is 568 g/mol. The maximum Gasteiger partial charge on any atom is 0.270 e. The summed E-state index contributed by atoms with van der Waals surface area (Å²) in [5.41, 5.74) is 2.96. The second-order valence-corrected chi connectivity index (χ2v) is 11.7. The Morgan fingerprint density at radius 3 is 2.35 bits per heavy atom. The van der Waals surface area contributed by atoms with Gasteiger partial charge in [-0.25, -0.2) is 8.42 Å². The highest BCUT2D eigenvalue weighted by molar-refractivity contribution is 7.93. The molecule has 2 aromatic heterocycles. The van der Waals surface area contributed by atoms with Crippen LogP contribution >= 0.6 is 0 Å². The van der Waals surface area contributed by atoms with Crippen molar-refractivity contribution in [3.05, 3.63) is 41.6 Å². The smallest absolute Gasteiger partial charge is 0.270 e. The maximum absolute atomic E-state index is 13.7. The number of fused-ring (bicyclic) bond motifs is 1. The van der Waals surface area contributed by atoms with Gasteiger partial charge in [0.15, 0.2) is 22.1 Å². The number of rotatable bonds is 11. The van der Waals surface area contributed by atoms with E-state index in [1.165, 1.54) is 21.3 Å². The summed E-state index contributed by atoms with van der Waals surface area (Å²) in [4.78, 5) is 2.20. The summed E-state index contributed by atoms with van der Waals surface area (Å²) in [5.74, 6) is 2.03. The van der Waals surface area contributed by atoms with Crippen LogP contribution < -0.4 is 24.2 Å². The fourth-order valence-corrected chi connectivity index (χ4v) is 6.43. The van der Waals surface area contributed by atoms with Crippen LogP contribution in [-0.4, -0.2) is 63.1 Å². The molecule has 2 aromatic carbocycles. The van der Waals surface area contributed by atoms with Crippen molar-refractivity contribution in [1.82, 2.24) is 20.3 Å². The molecule has 1 saturated carbocycles. The molecule has 1 aliphatic carbocycles. The third-order valence-electron chi connectivity index (χ3n) is 7.29. The number of anilines is 3. The summed E-state index contributed by atoms with van der Waals surface area (Å²) in [5, 5.41) is 15.0. The van der Waals surface area contributed by atoms with E-state index < -0.39 is 10.0 Å². The Bertz CT molecular complexity index is 1610. The average Bonchev–Trinajstić information content (AvgIpc) is 3.29. The molecule has 2 aliphatic rings. The number of aromatic amines is 1. The first-order valence-electron chi connectivity index (χ1n) is 13.2. The molecule has 1 saturated heterocycles. The van der Waals surface area contributed by atoms with Crippen LogP contribution in [0.25, 0.3) is 11.0 Å². The van der Waals surface area contributed by atoms with Gasteiger partial charge in [-0.1, -0.05) is 5.16 Å². The summed E-state index contributed by atoms with van der Waals surface area (Å²) in [7, 11) is 0.214. The van der Waals surface area contributed by atoms with Gasteiger partial charge >= 0.3 is 0 Å². The minimum atomic E-state index is -4.19. The minimum absolute atomic E-state index is 0.0147. The second-order valence-electron chi connectivity index (χ2n) is 10.1. The summed E-state index contributed by atoms with van der Waals surface area (Å²) in [6.45, 7) is 2.70. The SMILES string of the molecule is COc1cc2c(NS(=O)(=O)c3c(OC)cc(CN4CCCC4)cc3OC)noc2cc1Nc1cc(C2CC2)[nH]n1. The predicted octanol–water partition coefficient (Wildman–Crippen LogP) is 4.59. The molecule has 0 atom stereocenters. The number of likely N-dealkylation sites (tertiary alicyclic amines) is 1. The molecular formula is C27H32N6O6S. The lowest BCUT2D eigenvalue weighted by Gasteiger charge is -2.19. The molecule has 0 spiro atoms. The molecule has 0 unspecified atom stereocenters. The van der Waals surface area contributed by atoms with Gasteiger partial charge in [0.2, 0.25) is 0 Å². The lowest BCUT2D eigenvalue weighted by atomic mass is 10.2. The fraction of sp³-hybridized carbons (Fsp3) is 0.407. The molecule has 0 amide bonds. The number of H-pyrrole nitrogens is 1. The number of hydrogen-bond donors (Lipinski definition) is 3. The number of ether oxygens (including phenoxy) is 3. The quantitative estimate of drug-likeness (QED) is 0.235. The van der Waals surface area contributed by atoms with Gasteiger partial charge in [-0.05, 0) is 62.5 Å². The van der Waals surface area contributed by atoms with Crippen LogP contribution in [0, 0.1) is 0 Å². The molecule has 0 radical (unpaired) electrons. The molecule has 40 heavy (non-hydrogen) atoms. The van der Waals surface area contributed by atoms with E-state index in [1.54, 1.807) is 24.3 Å². The first-order valence-corrected chi connectivity index (χ1v) is 14.7. The van der Waals surface area contributed by atoms with E-state index in [4.69, 9.17) is 18.7 Å². The first-order chi connectivity index (χ1) is 19.4. The van der Waals surface area contributed by atoms with E-state index in [0.717, 1.165) is 50.0 Å². The van der Waals surface area contributed by atoms with E-state index in [2.05, 4.69) is 30.3 Å². The van der Waals surface area contributed by atoms with Crippen molar-refractivity contribution in [3.8, 4) is 17.2 Å². The number of nitrogens with one attached hydrogen (secondary N) is 3. The number of nitrogens with zero attached hydrogens (tertiary/aromatic N) is 3. The van der Waals surface area contributed by atoms with Gasteiger partial charge in [-0.3, -0.25) is 14.7 Å². The summed E-state index contributed by atoms with van der Waals surface area (Å²) < 4.78 is 52.0. The molecule has 2 fully saturated rings. The lowest BCUT2D eigenvalue weighted by molar-refractivity contribution is 0.327. The van der Waals surface area contributed by atoms with Crippen molar-refractivity contribution in [2.45, 2.75) is 43.0 Å². The van der Waals surface area contributed by atoms with Gasteiger partial charge in [-0.2, -0.15) is 5.10 Å². The zero-order valence-electron chi connectivity index (χ0n) is 22.6. The first kappa shape index (κ1) is 26.3. The molecule has 13 heteroatoms. The summed E-state index contributed by atoms with van der Waals surface area (Å²) in [6, 6.07) is 8.80. The average molecular weight is 569 g/mol. The number of hydrogen-bond acceptors (Lipinski definition) is 10. The van der Waals surface area contributed by atoms with Crippen LogP contribution in [0.5, 0.6) is 17.2 Å². The Hall–Kier alpha value is -3.97. The molecule has 3 N–H and O–H groups in total. The van der Waals surface area contributed by atoms with Crippen LogP contribution in [0.4, 0.5) is 17.3 Å². The Morgan fingerprint density at radius 1 is 1.00 bits per heavy atom.